The second-order valence-corrected chi connectivity index (χ2v) is 5.80. The van der Waals surface area contributed by atoms with E-state index in [9.17, 15) is 4.79 Å². The van der Waals surface area contributed by atoms with Crippen LogP contribution in [0.15, 0.2) is 22.9 Å². The Morgan fingerprint density at radius 1 is 1.43 bits per heavy atom. The van der Waals surface area contributed by atoms with E-state index in [1.165, 1.54) is 12.8 Å². The van der Waals surface area contributed by atoms with Crippen molar-refractivity contribution in [1.82, 2.24) is 20.4 Å². The Labute approximate surface area is 135 Å². The number of anilines is 1. The van der Waals surface area contributed by atoms with Crippen LogP contribution in [0.1, 0.15) is 43.8 Å². The summed E-state index contributed by atoms with van der Waals surface area (Å²) >= 11 is 0. The minimum atomic E-state index is -0.341. The van der Waals surface area contributed by atoms with E-state index in [1.807, 2.05) is 26.0 Å². The zero-order valence-electron chi connectivity index (χ0n) is 13.5. The van der Waals surface area contributed by atoms with Crippen molar-refractivity contribution in [3.8, 4) is 11.4 Å². The second kappa shape index (κ2) is 6.76. The average Bonchev–Trinajstić information content (AvgIpc) is 3.26. The second-order valence-electron chi connectivity index (χ2n) is 5.80. The summed E-state index contributed by atoms with van der Waals surface area (Å²) in [5.74, 6) is 0.962. The number of hydrogen-bond acceptors (Lipinski definition) is 6. The van der Waals surface area contributed by atoms with Crippen LogP contribution >= 0.6 is 0 Å². The summed E-state index contributed by atoms with van der Waals surface area (Å²) < 4.78 is 5.08. The first-order chi connectivity index (χ1) is 11.2. The predicted molar refractivity (Wildman–Crippen MR) is 86.2 cm³/mol. The van der Waals surface area contributed by atoms with Gasteiger partial charge in [0.15, 0.2) is 0 Å². The van der Waals surface area contributed by atoms with Gasteiger partial charge in [0, 0.05) is 30.9 Å². The topological polar surface area (TPSA) is 84.2 Å². The third kappa shape index (κ3) is 3.49. The molecule has 7 heteroatoms. The zero-order chi connectivity index (χ0) is 16.2. The smallest absolute Gasteiger partial charge is 0.316 e. The van der Waals surface area contributed by atoms with Gasteiger partial charge in [-0.3, -0.25) is 4.79 Å². The van der Waals surface area contributed by atoms with Gasteiger partial charge in [-0.25, -0.2) is 4.98 Å². The molecule has 1 saturated heterocycles. The summed E-state index contributed by atoms with van der Waals surface area (Å²) in [5.41, 5.74) is 0.799. The highest BCUT2D eigenvalue weighted by atomic mass is 16.5. The molecule has 23 heavy (non-hydrogen) atoms. The summed E-state index contributed by atoms with van der Waals surface area (Å²) in [4.78, 5) is 22.8. The molecule has 3 heterocycles. The molecule has 7 nitrogen and oxygen atoms in total. The van der Waals surface area contributed by atoms with Crippen molar-refractivity contribution in [2.75, 3.05) is 18.0 Å². The lowest BCUT2D eigenvalue weighted by molar-refractivity contribution is 0.0895. The Balaban J connectivity index is 1.77. The fourth-order valence-electron chi connectivity index (χ4n) is 2.50. The van der Waals surface area contributed by atoms with E-state index < -0.39 is 0 Å². The normalized spacial score (nSPS) is 15.7. The maximum absolute atomic E-state index is 12.0. The van der Waals surface area contributed by atoms with Crippen molar-refractivity contribution in [1.29, 1.82) is 0 Å². The van der Waals surface area contributed by atoms with E-state index >= 15 is 0 Å². The van der Waals surface area contributed by atoms with Gasteiger partial charge in [0.25, 0.3) is 0 Å². The first-order valence-corrected chi connectivity index (χ1v) is 8.03. The lowest BCUT2D eigenvalue weighted by Gasteiger charge is -2.16. The molecule has 0 unspecified atom stereocenters. The first kappa shape index (κ1) is 15.5. The van der Waals surface area contributed by atoms with Gasteiger partial charge in [-0.15, -0.1) is 0 Å². The fraction of sp³-hybridized carbons (Fsp3) is 0.500. The lowest BCUT2D eigenvalue weighted by Crippen LogP contribution is -2.32. The van der Waals surface area contributed by atoms with Gasteiger partial charge in [-0.2, -0.15) is 4.98 Å². The predicted octanol–water partition coefficient (Wildman–Crippen LogP) is 2.26. The van der Waals surface area contributed by atoms with Crippen molar-refractivity contribution >= 4 is 11.7 Å². The van der Waals surface area contributed by atoms with Gasteiger partial charge in [0.2, 0.25) is 5.82 Å². The standard InChI is InChI=1S/C16H21N5O2/c1-3-11(2)18-15(22)16-19-14(20-23-16)12-6-7-17-13(10-12)21-8-4-5-9-21/h6-7,10-11H,3-5,8-9H2,1-2H3,(H,18,22)/t11-/m0/s1. The van der Waals surface area contributed by atoms with Crippen LogP contribution in [0.3, 0.4) is 0 Å². The molecule has 1 aliphatic heterocycles. The number of nitrogens with zero attached hydrogens (tertiary/aromatic N) is 4. The lowest BCUT2D eigenvalue weighted by atomic mass is 10.2. The number of aromatic nitrogens is 3. The van der Waals surface area contributed by atoms with Crippen molar-refractivity contribution < 1.29 is 9.32 Å². The number of pyridine rings is 1. The largest absolute Gasteiger partial charge is 0.357 e. The third-order valence-electron chi connectivity index (χ3n) is 4.04. The Kier molecular flexibility index (Phi) is 4.55. The van der Waals surface area contributed by atoms with Crippen LogP contribution in [-0.2, 0) is 0 Å². The fourth-order valence-corrected chi connectivity index (χ4v) is 2.50. The van der Waals surface area contributed by atoms with Crippen LogP contribution in [0.5, 0.6) is 0 Å². The summed E-state index contributed by atoms with van der Waals surface area (Å²) in [6.07, 6.45) is 4.95. The van der Waals surface area contributed by atoms with Gasteiger partial charge in [0.1, 0.15) is 5.82 Å². The molecule has 0 radical (unpaired) electrons. The molecule has 1 fully saturated rings. The average molecular weight is 315 g/mol. The van der Waals surface area contributed by atoms with Gasteiger partial charge in [-0.05, 0) is 38.3 Å². The van der Waals surface area contributed by atoms with Crippen LogP contribution < -0.4 is 10.2 Å². The van der Waals surface area contributed by atoms with Crippen molar-refractivity contribution in [3.05, 3.63) is 24.2 Å². The maximum atomic E-state index is 12.0. The number of rotatable bonds is 5. The molecule has 122 valence electrons. The molecule has 1 N–H and O–H groups in total. The minimum absolute atomic E-state index is 0.0140. The Morgan fingerprint density at radius 3 is 2.96 bits per heavy atom. The van der Waals surface area contributed by atoms with E-state index in [0.29, 0.717) is 5.82 Å². The molecule has 0 aromatic carbocycles. The molecular weight excluding hydrogens is 294 g/mol. The third-order valence-corrected chi connectivity index (χ3v) is 4.04. The summed E-state index contributed by atoms with van der Waals surface area (Å²) in [6.45, 7) is 5.97. The maximum Gasteiger partial charge on any atom is 0.316 e. The summed E-state index contributed by atoms with van der Waals surface area (Å²) in [6, 6.07) is 3.83. The highest BCUT2D eigenvalue weighted by Gasteiger charge is 2.19. The van der Waals surface area contributed by atoms with Crippen LogP contribution in [-0.4, -0.2) is 40.2 Å². The van der Waals surface area contributed by atoms with E-state index in [1.54, 1.807) is 6.20 Å². The van der Waals surface area contributed by atoms with E-state index in [2.05, 4.69) is 25.3 Å². The molecule has 2 aromatic heterocycles. The number of nitrogens with one attached hydrogen (secondary N) is 1. The van der Waals surface area contributed by atoms with Crippen LogP contribution in [0.25, 0.3) is 11.4 Å². The highest BCUT2D eigenvalue weighted by molar-refractivity contribution is 5.90. The van der Waals surface area contributed by atoms with Crippen molar-refractivity contribution in [2.24, 2.45) is 0 Å². The Hall–Kier alpha value is -2.44. The molecule has 1 atom stereocenters. The minimum Gasteiger partial charge on any atom is -0.357 e. The van der Waals surface area contributed by atoms with Crippen LogP contribution in [0.4, 0.5) is 5.82 Å². The van der Waals surface area contributed by atoms with Gasteiger partial charge >= 0.3 is 11.8 Å². The van der Waals surface area contributed by atoms with Gasteiger partial charge in [-0.1, -0.05) is 12.1 Å². The SMILES string of the molecule is CC[C@H](C)NC(=O)c1nc(-c2ccnc(N3CCCC3)c2)no1. The van der Waals surface area contributed by atoms with Crippen molar-refractivity contribution in [2.45, 2.75) is 39.2 Å². The molecular formula is C16H21N5O2. The number of amides is 1. The van der Waals surface area contributed by atoms with Crippen LogP contribution in [0, 0.1) is 0 Å². The van der Waals surface area contributed by atoms with E-state index in [0.717, 1.165) is 30.9 Å². The first-order valence-electron chi connectivity index (χ1n) is 8.03. The summed E-state index contributed by atoms with van der Waals surface area (Å²) in [5, 5.41) is 6.73. The Bertz CT molecular complexity index is 679. The molecule has 3 rings (SSSR count). The Morgan fingerprint density at radius 2 is 2.22 bits per heavy atom. The quantitative estimate of drug-likeness (QED) is 0.911. The summed E-state index contributed by atoms with van der Waals surface area (Å²) in [7, 11) is 0. The molecule has 0 aliphatic carbocycles. The number of carbonyl (C=O) groups is 1. The molecule has 2 aromatic rings. The zero-order valence-corrected chi connectivity index (χ0v) is 13.5. The van der Waals surface area contributed by atoms with E-state index in [4.69, 9.17) is 4.52 Å². The highest BCUT2D eigenvalue weighted by Crippen LogP contribution is 2.23. The molecule has 1 amide bonds. The molecule has 1 aliphatic rings. The molecule has 0 bridgehead atoms. The van der Waals surface area contributed by atoms with E-state index in [-0.39, 0.29) is 17.8 Å². The van der Waals surface area contributed by atoms with Crippen molar-refractivity contribution in [3.63, 3.8) is 0 Å². The van der Waals surface area contributed by atoms with Gasteiger partial charge < -0.3 is 14.7 Å². The number of hydrogen-bond donors (Lipinski definition) is 1. The monoisotopic (exact) mass is 315 g/mol. The molecule has 0 spiro atoms. The molecule has 0 saturated carbocycles. The van der Waals surface area contributed by atoms with Gasteiger partial charge in [0.05, 0.1) is 0 Å². The van der Waals surface area contributed by atoms with Crippen LogP contribution in [0.2, 0.25) is 0 Å². The number of carbonyl (C=O) groups excluding carboxylic acids is 1.